The summed E-state index contributed by atoms with van der Waals surface area (Å²) < 4.78 is 0. The Morgan fingerprint density at radius 3 is 2.35 bits per heavy atom. The molecule has 4 N–H and O–H groups in total. The van der Waals surface area contributed by atoms with Gasteiger partial charge in [0.05, 0.1) is 11.6 Å². The number of aromatic nitrogens is 1. The number of carbonyl (C=O) groups is 3. The van der Waals surface area contributed by atoms with Crippen LogP contribution in [0.5, 0.6) is 0 Å². The number of carbonyl (C=O) groups excluding carboxylic acids is 3. The first-order valence-electron chi connectivity index (χ1n) is 9.68. The van der Waals surface area contributed by atoms with E-state index in [0.29, 0.717) is 39.1 Å². The number of primary amides is 1. The normalized spacial score (nSPS) is 15.1. The maximum absolute atomic E-state index is 12.9. The Labute approximate surface area is 187 Å². The van der Waals surface area contributed by atoms with Crippen LogP contribution in [0.25, 0.3) is 0 Å². The SMILES string of the molecule is NC(=O)c1ccc(NC(=O)C2CCCc3sc(NC(=O)c4ccc(Cl)cc4)nc32)cc1. The molecule has 31 heavy (non-hydrogen) atoms. The predicted molar refractivity (Wildman–Crippen MR) is 121 cm³/mol. The third-order valence-electron chi connectivity index (χ3n) is 5.03. The fourth-order valence-corrected chi connectivity index (χ4v) is 4.63. The summed E-state index contributed by atoms with van der Waals surface area (Å²) in [5.41, 5.74) is 7.38. The van der Waals surface area contributed by atoms with E-state index in [1.807, 2.05) is 0 Å². The third kappa shape index (κ3) is 4.76. The molecule has 2 aromatic carbocycles. The van der Waals surface area contributed by atoms with E-state index in [1.165, 1.54) is 11.3 Å². The van der Waals surface area contributed by atoms with Crippen LogP contribution in [0.4, 0.5) is 10.8 Å². The molecule has 7 nitrogen and oxygen atoms in total. The highest BCUT2D eigenvalue weighted by molar-refractivity contribution is 7.16. The van der Waals surface area contributed by atoms with Crippen molar-refractivity contribution in [2.75, 3.05) is 10.6 Å². The van der Waals surface area contributed by atoms with Gasteiger partial charge in [0.15, 0.2) is 5.13 Å². The number of fused-ring (bicyclic) bond motifs is 1. The minimum absolute atomic E-state index is 0.173. The Morgan fingerprint density at radius 1 is 1.00 bits per heavy atom. The van der Waals surface area contributed by atoms with Crippen molar-refractivity contribution >= 4 is 51.5 Å². The van der Waals surface area contributed by atoms with Gasteiger partial charge in [0, 0.05) is 26.7 Å². The number of anilines is 2. The van der Waals surface area contributed by atoms with Crippen molar-refractivity contribution in [1.29, 1.82) is 0 Å². The minimum Gasteiger partial charge on any atom is -0.366 e. The standard InChI is InChI=1S/C22H19ClN4O3S/c23-14-8-4-13(5-9-14)20(29)27-22-26-18-16(2-1-3-17(18)31-22)21(30)25-15-10-6-12(7-11-15)19(24)28/h4-11,16H,1-3H2,(H2,24,28)(H,25,30)(H,26,27,29). The van der Waals surface area contributed by atoms with E-state index in [2.05, 4.69) is 15.6 Å². The molecule has 1 unspecified atom stereocenters. The highest BCUT2D eigenvalue weighted by Gasteiger charge is 2.30. The molecule has 3 amide bonds. The number of hydrogen-bond acceptors (Lipinski definition) is 5. The molecule has 4 rings (SSSR count). The van der Waals surface area contributed by atoms with E-state index >= 15 is 0 Å². The molecule has 1 aliphatic carbocycles. The number of hydrogen-bond donors (Lipinski definition) is 3. The maximum atomic E-state index is 12.9. The van der Waals surface area contributed by atoms with Gasteiger partial charge in [-0.25, -0.2) is 4.98 Å². The van der Waals surface area contributed by atoms with Crippen LogP contribution in [0.2, 0.25) is 5.02 Å². The molecule has 0 saturated heterocycles. The number of nitrogens with one attached hydrogen (secondary N) is 2. The zero-order chi connectivity index (χ0) is 22.0. The lowest BCUT2D eigenvalue weighted by molar-refractivity contribution is -0.117. The number of nitrogens with zero attached hydrogens (tertiary/aromatic N) is 1. The molecular formula is C22H19ClN4O3S. The van der Waals surface area contributed by atoms with Crippen LogP contribution >= 0.6 is 22.9 Å². The molecular weight excluding hydrogens is 436 g/mol. The molecule has 0 spiro atoms. The zero-order valence-electron chi connectivity index (χ0n) is 16.4. The van der Waals surface area contributed by atoms with Gasteiger partial charge in [-0.2, -0.15) is 0 Å². The minimum atomic E-state index is -0.523. The molecule has 0 fully saturated rings. The molecule has 158 valence electrons. The molecule has 1 heterocycles. The van der Waals surface area contributed by atoms with Gasteiger partial charge in [-0.3, -0.25) is 19.7 Å². The molecule has 9 heteroatoms. The first kappa shape index (κ1) is 21.0. The van der Waals surface area contributed by atoms with E-state index < -0.39 is 11.8 Å². The summed E-state index contributed by atoms with van der Waals surface area (Å²) in [5.74, 6) is -1.38. The summed E-state index contributed by atoms with van der Waals surface area (Å²) in [6.07, 6.45) is 2.35. The fraction of sp³-hybridized carbons (Fsp3) is 0.182. The van der Waals surface area contributed by atoms with Crippen LogP contribution in [-0.4, -0.2) is 22.7 Å². The average molecular weight is 455 g/mol. The Kier molecular flexibility index (Phi) is 6.01. The van der Waals surface area contributed by atoms with Gasteiger partial charge in [-0.1, -0.05) is 11.6 Å². The van der Waals surface area contributed by atoms with E-state index in [4.69, 9.17) is 17.3 Å². The van der Waals surface area contributed by atoms with Gasteiger partial charge in [0.25, 0.3) is 5.91 Å². The number of benzene rings is 2. The largest absolute Gasteiger partial charge is 0.366 e. The lowest BCUT2D eigenvalue weighted by atomic mass is 9.90. The van der Waals surface area contributed by atoms with Gasteiger partial charge in [0.2, 0.25) is 11.8 Å². The van der Waals surface area contributed by atoms with Gasteiger partial charge in [-0.05, 0) is 67.8 Å². The zero-order valence-corrected chi connectivity index (χ0v) is 17.9. The second-order valence-corrected chi connectivity index (χ2v) is 8.68. The Balaban J connectivity index is 1.48. The average Bonchev–Trinajstić information content (AvgIpc) is 3.16. The first-order chi connectivity index (χ1) is 14.9. The van der Waals surface area contributed by atoms with Crippen molar-refractivity contribution in [2.45, 2.75) is 25.2 Å². The molecule has 3 aromatic rings. The number of amides is 3. The van der Waals surface area contributed by atoms with Gasteiger partial charge >= 0.3 is 0 Å². The van der Waals surface area contributed by atoms with Crippen LogP contribution in [0, 0.1) is 0 Å². The maximum Gasteiger partial charge on any atom is 0.257 e. The van der Waals surface area contributed by atoms with Crippen molar-refractivity contribution in [1.82, 2.24) is 4.98 Å². The smallest absolute Gasteiger partial charge is 0.257 e. The van der Waals surface area contributed by atoms with Crippen LogP contribution < -0.4 is 16.4 Å². The van der Waals surface area contributed by atoms with Crippen molar-refractivity contribution in [3.8, 4) is 0 Å². The number of nitrogens with two attached hydrogens (primary N) is 1. The number of thiazole rings is 1. The second kappa shape index (κ2) is 8.87. The van der Waals surface area contributed by atoms with Crippen LogP contribution in [0.3, 0.4) is 0 Å². The van der Waals surface area contributed by atoms with Crippen LogP contribution in [0.1, 0.15) is 50.0 Å². The summed E-state index contributed by atoms with van der Waals surface area (Å²) in [5, 5.41) is 6.71. The lowest BCUT2D eigenvalue weighted by Gasteiger charge is -2.20. The highest BCUT2D eigenvalue weighted by Crippen LogP contribution is 2.37. The van der Waals surface area contributed by atoms with Gasteiger partial charge < -0.3 is 11.1 Å². The predicted octanol–water partition coefficient (Wildman–Crippen LogP) is 4.21. The summed E-state index contributed by atoms with van der Waals surface area (Å²) in [6, 6.07) is 13.0. The van der Waals surface area contributed by atoms with E-state index in [1.54, 1.807) is 48.5 Å². The number of aryl methyl sites for hydroxylation is 1. The third-order valence-corrected chi connectivity index (χ3v) is 6.33. The quantitative estimate of drug-likeness (QED) is 0.535. The number of rotatable bonds is 5. The van der Waals surface area contributed by atoms with Gasteiger partial charge in [-0.15, -0.1) is 11.3 Å². The molecule has 1 aliphatic rings. The summed E-state index contributed by atoms with van der Waals surface area (Å²) in [6.45, 7) is 0. The molecule has 0 bridgehead atoms. The molecule has 0 aliphatic heterocycles. The Morgan fingerprint density at radius 2 is 1.68 bits per heavy atom. The topological polar surface area (TPSA) is 114 Å². The Hall–Kier alpha value is -3.23. The Bertz CT molecular complexity index is 1140. The summed E-state index contributed by atoms with van der Waals surface area (Å²) >= 11 is 7.26. The van der Waals surface area contributed by atoms with E-state index in [9.17, 15) is 14.4 Å². The van der Waals surface area contributed by atoms with Crippen LogP contribution in [-0.2, 0) is 11.2 Å². The van der Waals surface area contributed by atoms with Gasteiger partial charge in [0.1, 0.15) is 0 Å². The van der Waals surface area contributed by atoms with Crippen molar-refractivity contribution in [2.24, 2.45) is 5.73 Å². The lowest BCUT2D eigenvalue weighted by Crippen LogP contribution is -2.24. The molecule has 1 aromatic heterocycles. The van der Waals surface area contributed by atoms with Crippen molar-refractivity contribution < 1.29 is 14.4 Å². The van der Waals surface area contributed by atoms with Crippen LogP contribution in [0.15, 0.2) is 48.5 Å². The molecule has 0 radical (unpaired) electrons. The number of halogens is 1. The van der Waals surface area contributed by atoms with Crippen molar-refractivity contribution in [3.63, 3.8) is 0 Å². The van der Waals surface area contributed by atoms with Crippen molar-refractivity contribution in [3.05, 3.63) is 75.3 Å². The first-order valence-corrected chi connectivity index (χ1v) is 10.9. The summed E-state index contributed by atoms with van der Waals surface area (Å²) in [4.78, 5) is 42.1. The second-order valence-electron chi connectivity index (χ2n) is 7.16. The highest BCUT2D eigenvalue weighted by atomic mass is 35.5. The monoisotopic (exact) mass is 454 g/mol. The van der Waals surface area contributed by atoms with E-state index in [0.717, 1.165) is 17.7 Å². The van der Waals surface area contributed by atoms with E-state index in [-0.39, 0.29) is 11.8 Å². The summed E-state index contributed by atoms with van der Waals surface area (Å²) in [7, 11) is 0. The molecule has 1 atom stereocenters. The fourth-order valence-electron chi connectivity index (χ4n) is 3.44. The molecule has 0 saturated carbocycles.